The predicted molar refractivity (Wildman–Crippen MR) is 72.5 cm³/mol. The molecule has 0 aliphatic rings. The van der Waals surface area contributed by atoms with Crippen molar-refractivity contribution in [1.82, 2.24) is 0 Å². The summed E-state index contributed by atoms with van der Waals surface area (Å²) in [6.45, 7) is 6.30. The van der Waals surface area contributed by atoms with Crippen molar-refractivity contribution in [3.05, 3.63) is 59.9 Å². The summed E-state index contributed by atoms with van der Waals surface area (Å²) >= 11 is 0. The molecule has 2 aromatic rings. The fourth-order valence-corrected chi connectivity index (χ4v) is 1.39. The third-order valence-corrected chi connectivity index (χ3v) is 2.23. The predicted octanol–water partition coefficient (Wildman–Crippen LogP) is 5.22. The van der Waals surface area contributed by atoms with Gasteiger partial charge in [-0.15, -0.1) is 0 Å². The molecule has 0 saturated carbocycles. The van der Waals surface area contributed by atoms with E-state index >= 15 is 0 Å². The van der Waals surface area contributed by atoms with Gasteiger partial charge in [0.2, 0.25) is 0 Å². The summed E-state index contributed by atoms with van der Waals surface area (Å²) in [7, 11) is 0. The number of rotatable bonds is 1. The molecular formula is C16H19F. The van der Waals surface area contributed by atoms with Gasteiger partial charge in [0.1, 0.15) is 5.82 Å². The molecule has 0 saturated heterocycles. The van der Waals surface area contributed by atoms with Crippen LogP contribution in [0, 0.1) is 12.7 Å². The average Bonchev–Trinajstić information content (AvgIpc) is 2.32. The Labute approximate surface area is 103 Å². The molecule has 0 unspecified atom stereocenters. The summed E-state index contributed by atoms with van der Waals surface area (Å²) in [5.74, 6) is -0.194. The van der Waals surface area contributed by atoms with E-state index in [0.29, 0.717) is 0 Å². The lowest BCUT2D eigenvalue weighted by Gasteiger charge is -2.01. The SMILES string of the molecule is CCC.Cc1ccc(-c2ccc(F)cc2)cc1. The van der Waals surface area contributed by atoms with Crippen molar-refractivity contribution in [3.8, 4) is 11.1 Å². The number of hydrogen-bond donors (Lipinski definition) is 0. The zero-order chi connectivity index (χ0) is 12.7. The lowest BCUT2D eigenvalue weighted by molar-refractivity contribution is 0.628. The topological polar surface area (TPSA) is 0 Å². The average molecular weight is 230 g/mol. The Morgan fingerprint density at radius 2 is 1.12 bits per heavy atom. The van der Waals surface area contributed by atoms with Crippen LogP contribution in [-0.2, 0) is 0 Å². The summed E-state index contributed by atoms with van der Waals surface area (Å²) in [5.41, 5.74) is 3.40. The molecule has 0 aromatic heterocycles. The molecule has 0 aliphatic carbocycles. The molecule has 0 spiro atoms. The molecular weight excluding hydrogens is 211 g/mol. The number of benzene rings is 2. The van der Waals surface area contributed by atoms with E-state index < -0.39 is 0 Å². The quantitative estimate of drug-likeness (QED) is 0.630. The van der Waals surface area contributed by atoms with Gasteiger partial charge < -0.3 is 0 Å². The van der Waals surface area contributed by atoms with Crippen LogP contribution >= 0.6 is 0 Å². The third-order valence-electron chi connectivity index (χ3n) is 2.23. The van der Waals surface area contributed by atoms with E-state index in [9.17, 15) is 4.39 Å². The van der Waals surface area contributed by atoms with Gasteiger partial charge in [0.05, 0.1) is 0 Å². The van der Waals surface area contributed by atoms with Gasteiger partial charge in [-0.3, -0.25) is 0 Å². The number of hydrogen-bond acceptors (Lipinski definition) is 0. The largest absolute Gasteiger partial charge is 0.207 e. The Morgan fingerprint density at radius 1 is 0.765 bits per heavy atom. The van der Waals surface area contributed by atoms with Crippen LogP contribution in [0.4, 0.5) is 4.39 Å². The second-order valence-corrected chi connectivity index (χ2v) is 4.08. The number of halogens is 1. The maximum absolute atomic E-state index is 12.7. The molecule has 90 valence electrons. The van der Waals surface area contributed by atoms with E-state index in [2.05, 4.69) is 32.9 Å². The van der Waals surface area contributed by atoms with Crippen LogP contribution in [0.25, 0.3) is 11.1 Å². The molecule has 0 fully saturated rings. The Hall–Kier alpha value is -1.63. The number of aryl methyl sites for hydroxylation is 1. The lowest BCUT2D eigenvalue weighted by atomic mass is 10.0. The smallest absolute Gasteiger partial charge is 0.123 e. The highest BCUT2D eigenvalue weighted by molar-refractivity contribution is 5.63. The molecule has 2 aromatic carbocycles. The summed E-state index contributed by atoms with van der Waals surface area (Å²) in [5, 5.41) is 0. The highest BCUT2D eigenvalue weighted by atomic mass is 19.1. The van der Waals surface area contributed by atoms with E-state index in [1.807, 2.05) is 12.1 Å². The maximum atomic E-state index is 12.7. The first-order chi connectivity index (χ1) is 8.17. The molecule has 2 rings (SSSR count). The van der Waals surface area contributed by atoms with Gasteiger partial charge in [-0.1, -0.05) is 62.2 Å². The van der Waals surface area contributed by atoms with E-state index in [-0.39, 0.29) is 5.82 Å². The van der Waals surface area contributed by atoms with E-state index in [4.69, 9.17) is 0 Å². The first-order valence-electron chi connectivity index (χ1n) is 6.00. The van der Waals surface area contributed by atoms with Gasteiger partial charge in [0.25, 0.3) is 0 Å². The van der Waals surface area contributed by atoms with E-state index in [1.54, 1.807) is 12.1 Å². The standard InChI is InChI=1S/C13H11F.C3H8/c1-10-2-4-11(5-3-10)12-6-8-13(14)9-7-12;1-3-2/h2-9H,1H3;3H2,1-2H3. The molecule has 1 heteroatoms. The van der Waals surface area contributed by atoms with Crippen LogP contribution in [0.2, 0.25) is 0 Å². The normalized spacial score (nSPS) is 9.41. The minimum Gasteiger partial charge on any atom is -0.207 e. The summed E-state index contributed by atoms with van der Waals surface area (Å²) in [6, 6.07) is 14.7. The van der Waals surface area contributed by atoms with Crippen LogP contribution in [-0.4, -0.2) is 0 Å². The molecule has 0 atom stereocenters. The summed E-state index contributed by atoms with van der Waals surface area (Å²) in [4.78, 5) is 0. The molecule has 0 heterocycles. The van der Waals surface area contributed by atoms with Crippen LogP contribution in [0.1, 0.15) is 25.8 Å². The first kappa shape index (κ1) is 13.4. The molecule has 0 aliphatic heterocycles. The highest BCUT2D eigenvalue weighted by Gasteiger charge is 1.96. The molecule has 0 amide bonds. The zero-order valence-corrected chi connectivity index (χ0v) is 10.7. The third kappa shape index (κ3) is 4.39. The van der Waals surface area contributed by atoms with E-state index in [1.165, 1.54) is 24.1 Å². The maximum Gasteiger partial charge on any atom is 0.123 e. The summed E-state index contributed by atoms with van der Waals surface area (Å²) in [6.07, 6.45) is 1.25. The zero-order valence-electron chi connectivity index (χ0n) is 10.7. The first-order valence-corrected chi connectivity index (χ1v) is 6.00. The molecule has 0 N–H and O–H groups in total. The molecule has 17 heavy (non-hydrogen) atoms. The van der Waals surface area contributed by atoms with Gasteiger partial charge in [-0.05, 0) is 30.2 Å². The van der Waals surface area contributed by atoms with Crippen molar-refractivity contribution in [3.63, 3.8) is 0 Å². The molecule has 0 nitrogen and oxygen atoms in total. The lowest BCUT2D eigenvalue weighted by Crippen LogP contribution is -1.79. The van der Waals surface area contributed by atoms with Crippen molar-refractivity contribution >= 4 is 0 Å². The van der Waals surface area contributed by atoms with E-state index in [0.717, 1.165) is 11.1 Å². The second kappa shape index (κ2) is 6.85. The van der Waals surface area contributed by atoms with Crippen molar-refractivity contribution in [2.75, 3.05) is 0 Å². The second-order valence-electron chi connectivity index (χ2n) is 4.08. The van der Waals surface area contributed by atoms with Crippen LogP contribution in [0.5, 0.6) is 0 Å². The highest BCUT2D eigenvalue weighted by Crippen LogP contribution is 2.19. The van der Waals surface area contributed by atoms with Crippen LogP contribution in [0.15, 0.2) is 48.5 Å². The molecule has 0 bridgehead atoms. The van der Waals surface area contributed by atoms with Gasteiger partial charge >= 0.3 is 0 Å². The van der Waals surface area contributed by atoms with Gasteiger partial charge in [-0.25, -0.2) is 4.39 Å². The fourth-order valence-electron chi connectivity index (χ4n) is 1.39. The van der Waals surface area contributed by atoms with Crippen molar-refractivity contribution < 1.29 is 4.39 Å². The Kier molecular flexibility index (Phi) is 5.41. The Morgan fingerprint density at radius 3 is 1.53 bits per heavy atom. The minimum absolute atomic E-state index is 0.194. The van der Waals surface area contributed by atoms with Crippen molar-refractivity contribution in [1.29, 1.82) is 0 Å². The summed E-state index contributed by atoms with van der Waals surface area (Å²) < 4.78 is 12.7. The minimum atomic E-state index is -0.194. The Bertz CT molecular complexity index is 383. The van der Waals surface area contributed by atoms with Crippen molar-refractivity contribution in [2.24, 2.45) is 0 Å². The van der Waals surface area contributed by atoms with Crippen LogP contribution in [0.3, 0.4) is 0 Å². The fraction of sp³-hybridized carbons (Fsp3) is 0.250. The molecule has 0 radical (unpaired) electrons. The van der Waals surface area contributed by atoms with Gasteiger partial charge in [-0.2, -0.15) is 0 Å². The van der Waals surface area contributed by atoms with Gasteiger partial charge in [0.15, 0.2) is 0 Å². The Balaban J connectivity index is 0.000000437. The monoisotopic (exact) mass is 230 g/mol. The van der Waals surface area contributed by atoms with Crippen LogP contribution < -0.4 is 0 Å². The van der Waals surface area contributed by atoms with Gasteiger partial charge in [0, 0.05) is 0 Å². The van der Waals surface area contributed by atoms with Crippen molar-refractivity contribution in [2.45, 2.75) is 27.2 Å².